The van der Waals surface area contributed by atoms with Gasteiger partial charge in [-0.15, -0.1) is 0 Å². The molecule has 0 saturated carbocycles. The molecule has 0 aliphatic heterocycles. The van der Waals surface area contributed by atoms with E-state index in [-0.39, 0.29) is 12.5 Å². The smallest absolute Gasteiger partial charge is 0.262 e. The van der Waals surface area contributed by atoms with Gasteiger partial charge in [0.05, 0.1) is 21.8 Å². The van der Waals surface area contributed by atoms with Crippen molar-refractivity contribution in [1.82, 2.24) is 0 Å². The average Bonchev–Trinajstić information content (AvgIpc) is 2.75. The topological polar surface area (TPSA) is 59.6 Å². The summed E-state index contributed by atoms with van der Waals surface area (Å²) in [6, 6.07) is 14.3. The number of hydrogen-bond donors (Lipinski definition) is 2. The zero-order valence-corrected chi connectivity index (χ0v) is 21.8. The third kappa shape index (κ3) is 7.18. The number of hydrogen-bond acceptors (Lipinski definition) is 4. The number of ether oxygens (including phenoxy) is 2. The SMILES string of the molecule is CCOc1cc(CNc2ccc(Cl)cc2Cl)cc(Br)c1OCC(=O)Nc1ccc(C)c(Cl)c1. The molecule has 174 valence electrons. The van der Waals surface area contributed by atoms with Crippen LogP contribution < -0.4 is 20.1 Å². The molecule has 0 aliphatic rings. The van der Waals surface area contributed by atoms with E-state index in [1.54, 1.807) is 24.3 Å². The summed E-state index contributed by atoms with van der Waals surface area (Å²) >= 11 is 21.8. The summed E-state index contributed by atoms with van der Waals surface area (Å²) in [7, 11) is 0. The van der Waals surface area contributed by atoms with Crippen molar-refractivity contribution in [3.8, 4) is 11.5 Å². The van der Waals surface area contributed by atoms with Gasteiger partial charge in [-0.3, -0.25) is 4.79 Å². The lowest BCUT2D eigenvalue weighted by Crippen LogP contribution is -2.20. The summed E-state index contributed by atoms with van der Waals surface area (Å²) in [5.41, 5.74) is 3.24. The second kappa shape index (κ2) is 11.8. The van der Waals surface area contributed by atoms with E-state index in [1.807, 2.05) is 38.1 Å². The summed E-state index contributed by atoms with van der Waals surface area (Å²) in [5, 5.41) is 7.74. The molecule has 0 heterocycles. The van der Waals surface area contributed by atoms with Gasteiger partial charge in [0.15, 0.2) is 18.1 Å². The van der Waals surface area contributed by atoms with Crippen molar-refractivity contribution in [2.75, 3.05) is 23.8 Å². The van der Waals surface area contributed by atoms with E-state index in [9.17, 15) is 4.79 Å². The molecule has 1 amide bonds. The highest BCUT2D eigenvalue weighted by Crippen LogP contribution is 2.37. The molecular weight excluding hydrogens is 551 g/mol. The van der Waals surface area contributed by atoms with E-state index in [2.05, 4.69) is 26.6 Å². The van der Waals surface area contributed by atoms with Crippen LogP contribution in [0, 0.1) is 6.92 Å². The van der Waals surface area contributed by atoms with Crippen molar-refractivity contribution in [2.45, 2.75) is 20.4 Å². The Hall–Kier alpha value is -2.12. The zero-order chi connectivity index (χ0) is 24.0. The molecule has 2 N–H and O–H groups in total. The third-order valence-corrected chi connectivity index (χ3v) is 6.13. The first kappa shape index (κ1) is 25.5. The minimum absolute atomic E-state index is 0.192. The monoisotopic (exact) mass is 570 g/mol. The van der Waals surface area contributed by atoms with Crippen LogP contribution in [0.5, 0.6) is 11.5 Å². The van der Waals surface area contributed by atoms with E-state index in [0.717, 1.165) is 16.8 Å². The number of carbonyl (C=O) groups is 1. The van der Waals surface area contributed by atoms with Crippen LogP contribution in [-0.4, -0.2) is 19.1 Å². The molecule has 33 heavy (non-hydrogen) atoms. The lowest BCUT2D eigenvalue weighted by Gasteiger charge is -2.16. The molecule has 0 bridgehead atoms. The number of nitrogens with one attached hydrogen (secondary N) is 2. The van der Waals surface area contributed by atoms with Gasteiger partial charge in [0, 0.05) is 22.3 Å². The van der Waals surface area contributed by atoms with Gasteiger partial charge in [-0.05, 0) is 83.4 Å². The Labute approximate surface area is 216 Å². The Bertz CT molecular complexity index is 1160. The van der Waals surface area contributed by atoms with Crippen LogP contribution in [0.3, 0.4) is 0 Å². The van der Waals surface area contributed by atoms with Crippen LogP contribution >= 0.6 is 50.7 Å². The Morgan fingerprint density at radius 2 is 1.79 bits per heavy atom. The summed E-state index contributed by atoms with van der Waals surface area (Å²) in [4.78, 5) is 12.4. The molecule has 0 spiro atoms. The molecule has 3 aromatic carbocycles. The molecule has 0 fully saturated rings. The predicted octanol–water partition coefficient (Wildman–Crippen LogP) is 7.75. The maximum Gasteiger partial charge on any atom is 0.262 e. The Balaban J connectivity index is 1.68. The summed E-state index contributed by atoms with van der Waals surface area (Å²) in [6.07, 6.45) is 0. The maximum absolute atomic E-state index is 12.4. The predicted molar refractivity (Wildman–Crippen MR) is 139 cm³/mol. The van der Waals surface area contributed by atoms with Crippen molar-refractivity contribution in [1.29, 1.82) is 0 Å². The largest absolute Gasteiger partial charge is 0.490 e. The molecule has 9 heteroatoms. The third-order valence-electron chi connectivity index (χ3n) is 4.59. The van der Waals surface area contributed by atoms with Gasteiger partial charge >= 0.3 is 0 Å². The van der Waals surface area contributed by atoms with Gasteiger partial charge in [0.25, 0.3) is 5.91 Å². The molecule has 5 nitrogen and oxygen atoms in total. The maximum atomic E-state index is 12.4. The van der Waals surface area contributed by atoms with Crippen molar-refractivity contribution in [2.24, 2.45) is 0 Å². The van der Waals surface area contributed by atoms with Crippen molar-refractivity contribution < 1.29 is 14.3 Å². The number of amides is 1. The highest BCUT2D eigenvalue weighted by atomic mass is 79.9. The fraction of sp³-hybridized carbons (Fsp3) is 0.208. The zero-order valence-electron chi connectivity index (χ0n) is 18.0. The lowest BCUT2D eigenvalue weighted by molar-refractivity contribution is -0.118. The van der Waals surface area contributed by atoms with Gasteiger partial charge in [-0.1, -0.05) is 40.9 Å². The van der Waals surface area contributed by atoms with Crippen molar-refractivity contribution in [3.63, 3.8) is 0 Å². The molecular formula is C24H22BrCl3N2O3. The number of anilines is 2. The molecule has 0 radical (unpaired) electrons. The van der Waals surface area contributed by atoms with E-state index in [0.29, 0.717) is 49.9 Å². The molecule has 3 aromatic rings. The van der Waals surface area contributed by atoms with Crippen molar-refractivity contribution in [3.05, 3.63) is 79.2 Å². The minimum Gasteiger partial charge on any atom is -0.490 e. The summed E-state index contributed by atoms with van der Waals surface area (Å²) < 4.78 is 12.2. The lowest BCUT2D eigenvalue weighted by atomic mass is 10.2. The standard InChI is InChI=1S/C24H22BrCl3N2O3/c1-3-32-22-9-15(12-29-21-7-5-16(26)10-20(21)28)8-18(25)24(22)33-13-23(31)30-17-6-4-14(2)19(27)11-17/h4-11,29H,3,12-13H2,1-2H3,(H,30,31). The Kier molecular flexibility index (Phi) is 9.15. The van der Waals surface area contributed by atoms with Gasteiger partial charge in [0.2, 0.25) is 0 Å². The molecule has 0 aliphatic carbocycles. The fourth-order valence-corrected chi connectivity index (χ4v) is 4.22. The first-order valence-electron chi connectivity index (χ1n) is 10.1. The van der Waals surface area contributed by atoms with Crippen LogP contribution in [0.15, 0.2) is 53.0 Å². The highest BCUT2D eigenvalue weighted by molar-refractivity contribution is 9.10. The Morgan fingerprint density at radius 1 is 1.00 bits per heavy atom. The van der Waals surface area contributed by atoms with Crippen molar-refractivity contribution >= 4 is 68.0 Å². The number of benzene rings is 3. The van der Waals surface area contributed by atoms with E-state index in [1.165, 1.54) is 0 Å². The summed E-state index contributed by atoms with van der Waals surface area (Å²) in [5.74, 6) is 0.659. The second-order valence-electron chi connectivity index (χ2n) is 7.12. The number of carbonyl (C=O) groups excluding carboxylic acids is 1. The van der Waals surface area contributed by atoms with Gasteiger partial charge in [-0.2, -0.15) is 0 Å². The van der Waals surface area contributed by atoms with Crippen LogP contribution in [0.4, 0.5) is 11.4 Å². The van der Waals surface area contributed by atoms with Crippen LogP contribution in [0.2, 0.25) is 15.1 Å². The number of halogens is 4. The van der Waals surface area contributed by atoms with Crippen LogP contribution in [-0.2, 0) is 11.3 Å². The van der Waals surface area contributed by atoms with Gasteiger partial charge in [0.1, 0.15) is 0 Å². The minimum atomic E-state index is -0.313. The molecule has 0 atom stereocenters. The van der Waals surface area contributed by atoms with Gasteiger partial charge < -0.3 is 20.1 Å². The Morgan fingerprint density at radius 3 is 2.48 bits per heavy atom. The fourth-order valence-electron chi connectivity index (χ4n) is 2.96. The molecule has 0 unspecified atom stereocenters. The molecule has 0 saturated heterocycles. The number of aryl methyl sites for hydroxylation is 1. The van der Waals surface area contributed by atoms with Gasteiger partial charge in [-0.25, -0.2) is 0 Å². The molecule has 3 rings (SSSR count). The summed E-state index contributed by atoms with van der Waals surface area (Å²) in [6.45, 7) is 4.52. The van der Waals surface area contributed by atoms with Crippen LogP contribution in [0.1, 0.15) is 18.1 Å². The first-order valence-corrected chi connectivity index (χ1v) is 12.0. The number of rotatable bonds is 9. The van der Waals surface area contributed by atoms with E-state index < -0.39 is 0 Å². The van der Waals surface area contributed by atoms with E-state index >= 15 is 0 Å². The quantitative estimate of drug-likeness (QED) is 0.275. The average molecular weight is 573 g/mol. The highest BCUT2D eigenvalue weighted by Gasteiger charge is 2.15. The normalized spacial score (nSPS) is 10.6. The first-order chi connectivity index (χ1) is 15.8. The van der Waals surface area contributed by atoms with Crippen LogP contribution in [0.25, 0.3) is 0 Å². The van der Waals surface area contributed by atoms with E-state index in [4.69, 9.17) is 44.3 Å². The second-order valence-corrected chi connectivity index (χ2v) is 9.22. The molecule has 0 aromatic heterocycles.